The van der Waals surface area contributed by atoms with Gasteiger partial charge < -0.3 is 10.4 Å². The normalized spacial score (nSPS) is 13.2. The summed E-state index contributed by atoms with van der Waals surface area (Å²) in [5.41, 5.74) is -1.17. The highest BCUT2D eigenvalue weighted by Gasteiger charge is 2.37. The van der Waals surface area contributed by atoms with Crippen LogP contribution < -0.4 is 10.0 Å². The molecule has 1 heterocycles. The molecular weight excluding hydrogens is 387 g/mol. The van der Waals surface area contributed by atoms with Crippen molar-refractivity contribution >= 4 is 15.9 Å². The van der Waals surface area contributed by atoms with Gasteiger partial charge in [0.25, 0.3) is 0 Å². The Bertz CT molecular complexity index is 933. The Kier molecular flexibility index (Phi) is 6.06. The first-order valence-corrected chi connectivity index (χ1v) is 9.10. The van der Waals surface area contributed by atoms with Crippen molar-refractivity contribution in [3.05, 3.63) is 53.9 Å². The highest BCUT2D eigenvalue weighted by molar-refractivity contribution is 7.89. The second-order valence-corrected chi connectivity index (χ2v) is 7.21. The molecule has 0 spiro atoms. The summed E-state index contributed by atoms with van der Waals surface area (Å²) in [6, 6.07) is 5.15. The van der Waals surface area contributed by atoms with Crippen LogP contribution >= 0.6 is 0 Å². The molecule has 3 N–H and O–H groups in total. The number of benzene rings is 1. The quantitative estimate of drug-likeness (QED) is 0.682. The van der Waals surface area contributed by atoms with Gasteiger partial charge in [-0.3, -0.25) is 9.78 Å². The molecule has 1 amide bonds. The number of pyridine rings is 1. The smallest absolute Gasteiger partial charge is 0.417 e. The van der Waals surface area contributed by atoms with Gasteiger partial charge in [0.15, 0.2) is 0 Å². The number of amides is 1. The Hall–Kier alpha value is -2.66. The number of nitrogens with one attached hydrogen (secondary N) is 2. The molecule has 0 saturated heterocycles. The van der Waals surface area contributed by atoms with Crippen molar-refractivity contribution in [2.24, 2.45) is 0 Å². The van der Waals surface area contributed by atoms with E-state index in [9.17, 15) is 31.5 Å². The fourth-order valence-corrected chi connectivity index (χ4v) is 3.61. The molecule has 11 heteroatoms. The van der Waals surface area contributed by atoms with E-state index in [1.54, 1.807) is 0 Å². The van der Waals surface area contributed by atoms with Crippen molar-refractivity contribution in [3.8, 4) is 5.75 Å². The molecule has 0 fully saturated rings. The highest BCUT2D eigenvalue weighted by atomic mass is 32.2. The summed E-state index contributed by atoms with van der Waals surface area (Å²) in [6.45, 7) is 0.998. The van der Waals surface area contributed by atoms with Crippen LogP contribution in [0.25, 0.3) is 0 Å². The molecule has 2 aromatic rings. The molecule has 0 aliphatic carbocycles. The van der Waals surface area contributed by atoms with Crippen molar-refractivity contribution in [2.45, 2.75) is 30.6 Å². The van der Waals surface area contributed by atoms with E-state index in [4.69, 9.17) is 0 Å². The van der Waals surface area contributed by atoms with Crippen molar-refractivity contribution in [3.63, 3.8) is 0 Å². The van der Waals surface area contributed by atoms with Crippen molar-refractivity contribution < 1.29 is 31.5 Å². The van der Waals surface area contributed by atoms with E-state index in [1.165, 1.54) is 25.3 Å². The maximum Gasteiger partial charge on any atom is 0.417 e. The average Bonchev–Trinajstić information content (AvgIpc) is 2.59. The second kappa shape index (κ2) is 7.92. The fraction of sp³-hybridized carbons (Fsp3) is 0.250. The number of carbonyl (C=O) groups is 1. The number of nitrogens with zero attached hydrogens (tertiary/aromatic N) is 1. The zero-order valence-electron chi connectivity index (χ0n) is 14.0. The van der Waals surface area contributed by atoms with Gasteiger partial charge >= 0.3 is 6.18 Å². The molecule has 146 valence electrons. The van der Waals surface area contributed by atoms with E-state index in [0.717, 1.165) is 18.2 Å². The lowest BCUT2D eigenvalue weighted by molar-refractivity contribution is -0.139. The lowest BCUT2D eigenvalue weighted by Gasteiger charge is -2.17. The lowest BCUT2D eigenvalue weighted by Crippen LogP contribution is -2.44. The van der Waals surface area contributed by atoms with Crippen molar-refractivity contribution in [1.29, 1.82) is 0 Å². The van der Waals surface area contributed by atoms with Crippen LogP contribution in [0.1, 0.15) is 18.2 Å². The third kappa shape index (κ3) is 5.17. The summed E-state index contributed by atoms with van der Waals surface area (Å²) >= 11 is 0. The number of carbonyl (C=O) groups excluding carboxylic acids is 1. The van der Waals surface area contributed by atoms with Crippen LogP contribution in [0.15, 0.2) is 47.5 Å². The number of rotatable bonds is 6. The summed E-state index contributed by atoms with van der Waals surface area (Å²) in [7, 11) is -4.61. The zero-order valence-corrected chi connectivity index (χ0v) is 14.8. The van der Waals surface area contributed by atoms with E-state index in [-0.39, 0.29) is 18.0 Å². The van der Waals surface area contributed by atoms with Crippen LogP contribution in [0.3, 0.4) is 0 Å². The number of hydrogen-bond donors (Lipinski definition) is 3. The van der Waals surface area contributed by atoms with Gasteiger partial charge in [0.05, 0.1) is 23.0 Å². The van der Waals surface area contributed by atoms with E-state index in [2.05, 4.69) is 10.3 Å². The van der Waals surface area contributed by atoms with Crippen LogP contribution in [-0.2, 0) is 27.5 Å². The Morgan fingerprint density at radius 1 is 1.22 bits per heavy atom. The third-order valence-corrected chi connectivity index (χ3v) is 5.10. The monoisotopic (exact) mass is 403 g/mol. The minimum atomic E-state index is -4.87. The standard InChI is InChI=1S/C16H16F3N3O4S/c1-10(15(24)21-9-12-13(23)6-4-8-20-12)22-27(25,26)14-7-3-2-5-11(14)16(17,18)19/h2-8,10,22-23H,9H2,1H3,(H,21,24)/t10-/m0/s1. The molecule has 1 aromatic carbocycles. The van der Waals surface area contributed by atoms with E-state index < -0.39 is 38.6 Å². The fourth-order valence-electron chi connectivity index (χ4n) is 2.17. The first-order valence-electron chi connectivity index (χ1n) is 7.61. The van der Waals surface area contributed by atoms with Crippen LogP contribution in [0.2, 0.25) is 0 Å². The minimum Gasteiger partial charge on any atom is -0.506 e. The van der Waals surface area contributed by atoms with Gasteiger partial charge in [-0.1, -0.05) is 12.1 Å². The predicted octanol–water partition coefficient (Wildman–Crippen LogP) is 1.79. The Morgan fingerprint density at radius 2 is 1.89 bits per heavy atom. The maximum absolute atomic E-state index is 13.0. The Labute approximate surface area is 153 Å². The van der Waals surface area contributed by atoms with Gasteiger partial charge in [0.1, 0.15) is 11.4 Å². The molecule has 2 rings (SSSR count). The topological polar surface area (TPSA) is 108 Å². The summed E-state index contributed by atoms with van der Waals surface area (Å²) in [6.07, 6.45) is -3.48. The number of aromatic nitrogens is 1. The van der Waals surface area contributed by atoms with Crippen molar-refractivity contribution in [1.82, 2.24) is 15.0 Å². The number of aromatic hydroxyl groups is 1. The van der Waals surface area contributed by atoms with Gasteiger partial charge in [-0.15, -0.1) is 0 Å². The molecule has 7 nitrogen and oxygen atoms in total. The first-order chi connectivity index (χ1) is 12.5. The lowest BCUT2D eigenvalue weighted by atomic mass is 10.2. The van der Waals surface area contributed by atoms with Crippen LogP contribution in [0.4, 0.5) is 13.2 Å². The average molecular weight is 403 g/mol. The minimum absolute atomic E-state index is 0.156. The summed E-state index contributed by atoms with van der Waals surface area (Å²) in [5, 5.41) is 11.9. The molecule has 0 bridgehead atoms. The molecule has 1 atom stereocenters. The molecular formula is C16H16F3N3O4S. The Morgan fingerprint density at radius 3 is 2.52 bits per heavy atom. The molecule has 1 aromatic heterocycles. The Balaban J connectivity index is 2.11. The SMILES string of the molecule is C[C@H](NS(=O)(=O)c1ccccc1C(F)(F)F)C(=O)NCc1ncccc1O. The van der Waals surface area contributed by atoms with Gasteiger partial charge in [-0.05, 0) is 31.2 Å². The van der Waals surface area contributed by atoms with Gasteiger partial charge in [-0.2, -0.15) is 17.9 Å². The van der Waals surface area contributed by atoms with E-state index >= 15 is 0 Å². The predicted molar refractivity (Wildman–Crippen MR) is 89.0 cm³/mol. The molecule has 0 aliphatic heterocycles. The molecule has 27 heavy (non-hydrogen) atoms. The van der Waals surface area contributed by atoms with E-state index in [0.29, 0.717) is 6.07 Å². The third-order valence-electron chi connectivity index (χ3n) is 3.50. The van der Waals surface area contributed by atoms with Gasteiger partial charge in [0, 0.05) is 6.20 Å². The first kappa shape index (κ1) is 20.6. The van der Waals surface area contributed by atoms with Crippen LogP contribution in [-0.4, -0.2) is 30.5 Å². The van der Waals surface area contributed by atoms with Crippen molar-refractivity contribution in [2.75, 3.05) is 0 Å². The largest absolute Gasteiger partial charge is 0.506 e. The maximum atomic E-state index is 13.0. The molecule has 0 aliphatic rings. The van der Waals surface area contributed by atoms with Crippen LogP contribution in [0.5, 0.6) is 5.75 Å². The molecule has 0 saturated carbocycles. The summed E-state index contributed by atoms with van der Waals surface area (Å²) in [4.78, 5) is 14.9. The highest BCUT2D eigenvalue weighted by Crippen LogP contribution is 2.33. The van der Waals surface area contributed by atoms with Gasteiger partial charge in [0.2, 0.25) is 15.9 Å². The summed E-state index contributed by atoms with van der Waals surface area (Å²) < 4.78 is 65.6. The second-order valence-electron chi connectivity index (χ2n) is 5.52. The van der Waals surface area contributed by atoms with E-state index in [1.807, 2.05) is 4.72 Å². The molecule has 0 radical (unpaired) electrons. The number of halogens is 3. The summed E-state index contributed by atoms with van der Waals surface area (Å²) in [5.74, 6) is -0.960. The molecule has 0 unspecified atom stereocenters. The zero-order chi connectivity index (χ0) is 20.2. The van der Waals surface area contributed by atoms with Gasteiger partial charge in [-0.25, -0.2) is 8.42 Å². The van der Waals surface area contributed by atoms with Crippen LogP contribution in [0, 0.1) is 0 Å². The number of sulfonamides is 1. The number of alkyl halides is 3. The number of hydrogen-bond acceptors (Lipinski definition) is 5.